The second-order valence-electron chi connectivity index (χ2n) is 6.56. The van der Waals surface area contributed by atoms with E-state index in [2.05, 4.69) is 10.2 Å². The van der Waals surface area contributed by atoms with E-state index in [9.17, 15) is 13.2 Å². The fourth-order valence-corrected chi connectivity index (χ4v) is 4.09. The van der Waals surface area contributed by atoms with Gasteiger partial charge in [-0.3, -0.25) is 4.79 Å². The van der Waals surface area contributed by atoms with Crippen molar-refractivity contribution in [3.05, 3.63) is 18.2 Å². The number of nitrogens with zero attached hydrogens (tertiary/aromatic N) is 2. The van der Waals surface area contributed by atoms with Crippen LogP contribution < -0.4 is 10.2 Å². The Hall–Kier alpha value is -2.07. The SMILES string of the molecule is CC(C)S(=O)(=O)c1ccc(N2CCCCCC2)cc1NC(=O)CC#N. The predicted molar refractivity (Wildman–Crippen MR) is 98.3 cm³/mol. The normalized spacial score (nSPS) is 15.5. The van der Waals surface area contributed by atoms with E-state index in [1.165, 1.54) is 12.8 Å². The van der Waals surface area contributed by atoms with Crippen LogP contribution in [0, 0.1) is 11.3 Å². The highest BCUT2D eigenvalue weighted by atomic mass is 32.2. The van der Waals surface area contributed by atoms with Crippen LogP contribution in [0.2, 0.25) is 0 Å². The maximum absolute atomic E-state index is 12.6. The Kier molecular flexibility index (Phi) is 6.43. The van der Waals surface area contributed by atoms with E-state index >= 15 is 0 Å². The molecule has 25 heavy (non-hydrogen) atoms. The lowest BCUT2D eigenvalue weighted by atomic mass is 10.2. The number of carbonyl (C=O) groups is 1. The van der Waals surface area contributed by atoms with Crippen molar-refractivity contribution < 1.29 is 13.2 Å². The fourth-order valence-electron chi connectivity index (χ4n) is 2.91. The van der Waals surface area contributed by atoms with Gasteiger partial charge in [-0.05, 0) is 44.9 Å². The molecule has 0 atom stereocenters. The van der Waals surface area contributed by atoms with Gasteiger partial charge in [0.25, 0.3) is 0 Å². The van der Waals surface area contributed by atoms with Gasteiger partial charge >= 0.3 is 0 Å². The molecule has 1 N–H and O–H groups in total. The number of amides is 1. The summed E-state index contributed by atoms with van der Waals surface area (Å²) >= 11 is 0. The third-order valence-corrected chi connectivity index (χ3v) is 6.59. The second kappa shape index (κ2) is 8.34. The van der Waals surface area contributed by atoms with Crippen LogP contribution in [0.25, 0.3) is 0 Å². The zero-order chi connectivity index (χ0) is 18.4. The molecular formula is C18H25N3O3S. The summed E-state index contributed by atoms with van der Waals surface area (Å²) in [7, 11) is -3.54. The van der Waals surface area contributed by atoms with Gasteiger partial charge in [-0.15, -0.1) is 0 Å². The Balaban J connectivity index is 2.43. The van der Waals surface area contributed by atoms with E-state index in [1.54, 1.807) is 38.1 Å². The van der Waals surface area contributed by atoms with Crippen LogP contribution in [0.3, 0.4) is 0 Å². The number of carbonyl (C=O) groups excluding carboxylic acids is 1. The number of sulfone groups is 1. The average Bonchev–Trinajstić information content (AvgIpc) is 2.84. The van der Waals surface area contributed by atoms with Gasteiger partial charge in [0.1, 0.15) is 6.42 Å². The Labute approximate surface area is 149 Å². The molecule has 1 aromatic rings. The third kappa shape index (κ3) is 4.73. The molecule has 1 amide bonds. The molecule has 136 valence electrons. The largest absolute Gasteiger partial charge is 0.371 e. The minimum absolute atomic E-state index is 0.104. The van der Waals surface area contributed by atoms with E-state index in [0.717, 1.165) is 31.6 Å². The molecule has 1 saturated heterocycles. The van der Waals surface area contributed by atoms with Crippen LogP contribution >= 0.6 is 0 Å². The van der Waals surface area contributed by atoms with Crippen molar-refractivity contribution >= 4 is 27.1 Å². The molecule has 0 radical (unpaired) electrons. The Morgan fingerprint density at radius 3 is 2.44 bits per heavy atom. The van der Waals surface area contributed by atoms with Crippen molar-refractivity contribution in [2.75, 3.05) is 23.3 Å². The first-order chi connectivity index (χ1) is 11.9. The smallest absolute Gasteiger partial charge is 0.238 e. The molecule has 0 aliphatic carbocycles. The Morgan fingerprint density at radius 2 is 1.88 bits per heavy atom. The number of hydrogen-bond acceptors (Lipinski definition) is 5. The molecule has 7 heteroatoms. The van der Waals surface area contributed by atoms with E-state index in [1.807, 2.05) is 0 Å². The van der Waals surface area contributed by atoms with Crippen LogP contribution in [-0.4, -0.2) is 32.7 Å². The minimum atomic E-state index is -3.54. The quantitative estimate of drug-likeness (QED) is 0.868. The van der Waals surface area contributed by atoms with Crippen LogP contribution in [0.15, 0.2) is 23.1 Å². The molecule has 1 heterocycles. The van der Waals surface area contributed by atoms with E-state index in [0.29, 0.717) is 0 Å². The highest BCUT2D eigenvalue weighted by Gasteiger charge is 2.24. The molecule has 2 rings (SSSR count). The van der Waals surface area contributed by atoms with Crippen molar-refractivity contribution in [2.45, 2.75) is 56.1 Å². The molecule has 1 aromatic carbocycles. The number of benzene rings is 1. The third-order valence-electron chi connectivity index (χ3n) is 4.38. The highest BCUT2D eigenvalue weighted by molar-refractivity contribution is 7.92. The lowest BCUT2D eigenvalue weighted by Gasteiger charge is -2.24. The molecule has 0 unspecified atom stereocenters. The van der Waals surface area contributed by atoms with Crippen LogP contribution in [0.5, 0.6) is 0 Å². The first kappa shape index (κ1) is 19.3. The maximum Gasteiger partial charge on any atom is 0.238 e. The summed E-state index contributed by atoms with van der Waals surface area (Å²) in [6, 6.07) is 6.87. The van der Waals surface area contributed by atoms with Crippen molar-refractivity contribution in [3.63, 3.8) is 0 Å². The molecule has 1 aliphatic heterocycles. The molecule has 6 nitrogen and oxygen atoms in total. The monoisotopic (exact) mass is 363 g/mol. The van der Waals surface area contributed by atoms with Crippen molar-refractivity contribution in [2.24, 2.45) is 0 Å². The van der Waals surface area contributed by atoms with Gasteiger partial charge in [0.15, 0.2) is 9.84 Å². The van der Waals surface area contributed by atoms with Crippen molar-refractivity contribution in [1.29, 1.82) is 5.26 Å². The second-order valence-corrected chi connectivity index (χ2v) is 9.03. The standard InChI is InChI=1S/C18H25N3O3S/c1-14(2)25(23,24)17-8-7-15(21-11-5-3-4-6-12-21)13-16(17)20-18(22)9-10-19/h7-8,13-14H,3-6,9,11-12H2,1-2H3,(H,20,22). The van der Waals surface area contributed by atoms with Crippen molar-refractivity contribution in [1.82, 2.24) is 0 Å². The fraction of sp³-hybridized carbons (Fsp3) is 0.556. The number of anilines is 2. The lowest BCUT2D eigenvalue weighted by molar-refractivity contribution is -0.115. The van der Waals surface area contributed by atoms with Crippen LogP contribution in [0.4, 0.5) is 11.4 Å². The minimum Gasteiger partial charge on any atom is -0.371 e. The summed E-state index contributed by atoms with van der Waals surface area (Å²) in [5.74, 6) is -0.504. The summed E-state index contributed by atoms with van der Waals surface area (Å²) in [5.41, 5.74) is 1.16. The van der Waals surface area contributed by atoms with E-state index < -0.39 is 21.0 Å². The van der Waals surface area contributed by atoms with E-state index in [4.69, 9.17) is 5.26 Å². The molecule has 0 spiro atoms. The summed E-state index contributed by atoms with van der Waals surface area (Å²) in [4.78, 5) is 14.2. The van der Waals surface area contributed by atoms with E-state index in [-0.39, 0.29) is 17.0 Å². The Bertz CT molecular complexity index is 758. The molecule has 0 bridgehead atoms. The van der Waals surface area contributed by atoms with Crippen LogP contribution in [0.1, 0.15) is 46.0 Å². The molecule has 1 aliphatic rings. The van der Waals surface area contributed by atoms with Crippen molar-refractivity contribution in [3.8, 4) is 6.07 Å². The van der Waals surface area contributed by atoms with Crippen LogP contribution in [-0.2, 0) is 14.6 Å². The summed E-state index contributed by atoms with van der Waals surface area (Å²) in [5, 5.41) is 10.7. The van der Waals surface area contributed by atoms with Gasteiger partial charge < -0.3 is 10.2 Å². The molecule has 0 aromatic heterocycles. The summed E-state index contributed by atoms with van der Waals surface area (Å²) < 4.78 is 25.2. The van der Waals surface area contributed by atoms with Gasteiger partial charge in [-0.25, -0.2) is 8.42 Å². The summed E-state index contributed by atoms with van der Waals surface area (Å²) in [6.45, 7) is 5.06. The van der Waals surface area contributed by atoms with Gasteiger partial charge in [-0.1, -0.05) is 12.8 Å². The lowest BCUT2D eigenvalue weighted by Crippen LogP contribution is -2.25. The summed E-state index contributed by atoms with van der Waals surface area (Å²) in [6.07, 6.45) is 4.28. The van der Waals surface area contributed by atoms with Gasteiger partial charge in [-0.2, -0.15) is 5.26 Å². The average molecular weight is 363 g/mol. The molecule has 0 saturated carbocycles. The number of rotatable bonds is 5. The van der Waals surface area contributed by atoms with Gasteiger partial charge in [0.2, 0.25) is 5.91 Å². The first-order valence-corrected chi connectivity index (χ1v) is 10.2. The number of hydrogen-bond donors (Lipinski definition) is 1. The van der Waals surface area contributed by atoms with Gasteiger partial charge in [0.05, 0.1) is 21.9 Å². The zero-order valence-electron chi connectivity index (χ0n) is 14.8. The molecule has 1 fully saturated rings. The maximum atomic E-state index is 12.6. The topological polar surface area (TPSA) is 90.3 Å². The zero-order valence-corrected chi connectivity index (χ0v) is 15.6. The number of nitrogens with one attached hydrogen (secondary N) is 1. The Morgan fingerprint density at radius 1 is 1.24 bits per heavy atom. The first-order valence-electron chi connectivity index (χ1n) is 8.66. The number of nitriles is 1. The van der Waals surface area contributed by atoms with Gasteiger partial charge in [0, 0.05) is 18.8 Å². The predicted octanol–water partition coefficient (Wildman–Crippen LogP) is 3.10. The highest BCUT2D eigenvalue weighted by Crippen LogP contribution is 2.31. The molecular weight excluding hydrogens is 338 g/mol.